The first kappa shape index (κ1) is 16.2. The van der Waals surface area contributed by atoms with E-state index in [0.717, 1.165) is 24.2 Å². The van der Waals surface area contributed by atoms with Crippen LogP contribution in [0.5, 0.6) is 0 Å². The number of benzene rings is 1. The van der Waals surface area contributed by atoms with Gasteiger partial charge in [-0.2, -0.15) is 0 Å². The molecule has 3 rings (SSSR count). The molecule has 1 N–H and O–H groups in total. The highest BCUT2D eigenvalue weighted by Crippen LogP contribution is 2.20. The summed E-state index contributed by atoms with van der Waals surface area (Å²) in [6.07, 6.45) is 1.62. The molecule has 1 aromatic heterocycles. The number of para-hydroxylation sites is 1. The minimum Gasteiger partial charge on any atom is -0.337 e. The van der Waals surface area contributed by atoms with Gasteiger partial charge in [-0.15, -0.1) is 0 Å². The number of aryl methyl sites for hydroxylation is 1. The minimum atomic E-state index is -0.187. The lowest BCUT2D eigenvalue weighted by Crippen LogP contribution is -2.44. The predicted molar refractivity (Wildman–Crippen MR) is 92.7 cm³/mol. The van der Waals surface area contributed by atoms with Crippen molar-refractivity contribution in [2.75, 3.05) is 18.4 Å². The van der Waals surface area contributed by atoms with Gasteiger partial charge in [0.05, 0.1) is 5.92 Å². The molecule has 1 aromatic carbocycles. The normalized spacial score (nSPS) is 17.4. The number of anilines is 1. The molecule has 2 amide bonds. The zero-order valence-corrected chi connectivity index (χ0v) is 13.7. The Bertz CT molecular complexity index is 730. The van der Waals surface area contributed by atoms with E-state index in [1.165, 1.54) is 0 Å². The van der Waals surface area contributed by atoms with Crippen molar-refractivity contribution in [2.24, 2.45) is 5.92 Å². The van der Waals surface area contributed by atoms with E-state index in [0.29, 0.717) is 18.8 Å². The Morgan fingerprint density at radius 1 is 1.12 bits per heavy atom. The molecule has 0 bridgehead atoms. The van der Waals surface area contributed by atoms with Gasteiger partial charge in [0, 0.05) is 24.5 Å². The number of rotatable bonds is 3. The highest BCUT2D eigenvalue weighted by Gasteiger charge is 2.29. The van der Waals surface area contributed by atoms with E-state index in [-0.39, 0.29) is 17.7 Å². The summed E-state index contributed by atoms with van der Waals surface area (Å²) in [4.78, 5) is 31.1. The van der Waals surface area contributed by atoms with Crippen LogP contribution in [0.3, 0.4) is 0 Å². The van der Waals surface area contributed by atoms with E-state index in [1.807, 2.05) is 49.4 Å². The van der Waals surface area contributed by atoms with Crippen LogP contribution in [0.15, 0.2) is 48.5 Å². The van der Waals surface area contributed by atoms with Crippen LogP contribution in [0.25, 0.3) is 0 Å². The van der Waals surface area contributed by atoms with Crippen LogP contribution in [0, 0.1) is 12.8 Å². The lowest BCUT2D eigenvalue weighted by atomic mass is 9.96. The summed E-state index contributed by atoms with van der Waals surface area (Å²) in [5, 5.41) is 2.93. The number of carbonyl (C=O) groups is 2. The van der Waals surface area contributed by atoms with Gasteiger partial charge in [0.15, 0.2) is 0 Å². The van der Waals surface area contributed by atoms with Crippen molar-refractivity contribution in [3.8, 4) is 0 Å². The fourth-order valence-corrected chi connectivity index (χ4v) is 2.97. The first-order chi connectivity index (χ1) is 11.6. The van der Waals surface area contributed by atoms with Crippen LogP contribution in [0.4, 0.5) is 5.69 Å². The second-order valence-corrected chi connectivity index (χ2v) is 6.11. The Kier molecular flexibility index (Phi) is 4.89. The summed E-state index contributed by atoms with van der Waals surface area (Å²) in [5.74, 6) is -0.320. The lowest BCUT2D eigenvalue weighted by molar-refractivity contribution is -0.121. The Morgan fingerprint density at radius 2 is 1.92 bits per heavy atom. The fourth-order valence-electron chi connectivity index (χ4n) is 2.97. The van der Waals surface area contributed by atoms with Crippen molar-refractivity contribution in [1.29, 1.82) is 0 Å². The number of carbonyl (C=O) groups excluding carboxylic acids is 2. The van der Waals surface area contributed by atoms with Gasteiger partial charge in [0.2, 0.25) is 5.91 Å². The van der Waals surface area contributed by atoms with Gasteiger partial charge in [-0.05, 0) is 44.0 Å². The van der Waals surface area contributed by atoms with Crippen LogP contribution >= 0.6 is 0 Å². The van der Waals surface area contributed by atoms with Crippen molar-refractivity contribution < 1.29 is 9.59 Å². The van der Waals surface area contributed by atoms with Crippen molar-refractivity contribution in [2.45, 2.75) is 19.8 Å². The van der Waals surface area contributed by atoms with Crippen LogP contribution < -0.4 is 5.32 Å². The zero-order valence-electron chi connectivity index (χ0n) is 13.7. The summed E-state index contributed by atoms with van der Waals surface area (Å²) in [5.41, 5.74) is 2.04. The molecule has 1 unspecified atom stereocenters. The molecular formula is C19H21N3O2. The lowest BCUT2D eigenvalue weighted by Gasteiger charge is -2.31. The Balaban J connectivity index is 1.65. The van der Waals surface area contributed by atoms with Gasteiger partial charge in [-0.1, -0.05) is 24.3 Å². The molecule has 1 aliphatic rings. The molecule has 0 radical (unpaired) electrons. The minimum absolute atomic E-state index is 0.0316. The summed E-state index contributed by atoms with van der Waals surface area (Å²) < 4.78 is 0. The second kappa shape index (κ2) is 7.25. The standard InChI is InChI=1S/C19H21N3O2/c1-14-7-5-11-17(20-14)19(24)22-12-6-8-15(13-22)18(23)21-16-9-3-2-4-10-16/h2-5,7,9-11,15H,6,8,12-13H2,1H3,(H,21,23). The number of nitrogens with one attached hydrogen (secondary N) is 1. The van der Waals surface area contributed by atoms with Gasteiger partial charge in [-0.25, -0.2) is 4.98 Å². The smallest absolute Gasteiger partial charge is 0.272 e. The number of hydrogen-bond donors (Lipinski definition) is 1. The number of piperidine rings is 1. The third kappa shape index (κ3) is 3.79. The molecule has 0 aliphatic carbocycles. The number of aromatic nitrogens is 1. The van der Waals surface area contributed by atoms with E-state index in [9.17, 15) is 9.59 Å². The van der Waals surface area contributed by atoms with E-state index in [1.54, 1.807) is 11.0 Å². The van der Waals surface area contributed by atoms with Crippen molar-refractivity contribution in [1.82, 2.24) is 9.88 Å². The molecule has 0 spiro atoms. The van der Waals surface area contributed by atoms with Gasteiger partial charge in [-0.3, -0.25) is 9.59 Å². The van der Waals surface area contributed by atoms with E-state index in [4.69, 9.17) is 0 Å². The highest BCUT2D eigenvalue weighted by atomic mass is 16.2. The average Bonchev–Trinajstić information content (AvgIpc) is 2.62. The van der Waals surface area contributed by atoms with Crippen LogP contribution in [-0.2, 0) is 4.79 Å². The molecule has 5 heteroatoms. The molecule has 1 atom stereocenters. The van der Waals surface area contributed by atoms with E-state index >= 15 is 0 Å². The van der Waals surface area contributed by atoms with Crippen molar-refractivity contribution in [3.63, 3.8) is 0 Å². The Morgan fingerprint density at radius 3 is 2.67 bits per heavy atom. The van der Waals surface area contributed by atoms with Crippen LogP contribution in [0.1, 0.15) is 29.0 Å². The van der Waals surface area contributed by atoms with Crippen molar-refractivity contribution >= 4 is 17.5 Å². The SMILES string of the molecule is Cc1cccc(C(=O)N2CCCC(C(=O)Nc3ccccc3)C2)n1. The zero-order chi connectivity index (χ0) is 16.9. The Hall–Kier alpha value is -2.69. The van der Waals surface area contributed by atoms with E-state index < -0.39 is 0 Å². The topological polar surface area (TPSA) is 62.3 Å². The second-order valence-electron chi connectivity index (χ2n) is 6.11. The molecular weight excluding hydrogens is 302 g/mol. The number of amides is 2. The maximum Gasteiger partial charge on any atom is 0.272 e. The highest BCUT2D eigenvalue weighted by molar-refractivity contribution is 5.95. The molecule has 24 heavy (non-hydrogen) atoms. The maximum absolute atomic E-state index is 12.6. The molecule has 2 heterocycles. The third-order valence-corrected chi connectivity index (χ3v) is 4.23. The third-order valence-electron chi connectivity index (χ3n) is 4.23. The quantitative estimate of drug-likeness (QED) is 0.945. The van der Waals surface area contributed by atoms with Crippen LogP contribution in [0.2, 0.25) is 0 Å². The summed E-state index contributed by atoms with van der Waals surface area (Å²) >= 11 is 0. The first-order valence-electron chi connectivity index (χ1n) is 8.22. The fraction of sp³-hybridized carbons (Fsp3) is 0.316. The van der Waals surface area contributed by atoms with Gasteiger partial charge >= 0.3 is 0 Å². The number of hydrogen-bond acceptors (Lipinski definition) is 3. The molecule has 2 aromatic rings. The molecule has 1 saturated heterocycles. The molecule has 1 aliphatic heterocycles. The monoisotopic (exact) mass is 323 g/mol. The van der Waals surface area contributed by atoms with Gasteiger partial charge in [0.25, 0.3) is 5.91 Å². The molecule has 124 valence electrons. The Labute approximate surface area is 141 Å². The van der Waals surface area contributed by atoms with Crippen molar-refractivity contribution in [3.05, 3.63) is 59.9 Å². The number of nitrogens with zero attached hydrogens (tertiary/aromatic N) is 2. The van der Waals surface area contributed by atoms with E-state index in [2.05, 4.69) is 10.3 Å². The van der Waals surface area contributed by atoms with Crippen LogP contribution in [-0.4, -0.2) is 34.8 Å². The summed E-state index contributed by atoms with van der Waals surface area (Å²) in [6.45, 7) is 2.97. The van der Waals surface area contributed by atoms with Gasteiger partial charge in [0.1, 0.15) is 5.69 Å². The summed E-state index contributed by atoms with van der Waals surface area (Å²) in [7, 11) is 0. The predicted octanol–water partition coefficient (Wildman–Crippen LogP) is 2.88. The number of pyridine rings is 1. The maximum atomic E-state index is 12.6. The molecule has 5 nitrogen and oxygen atoms in total. The molecule has 1 fully saturated rings. The largest absolute Gasteiger partial charge is 0.337 e. The molecule has 0 saturated carbocycles. The first-order valence-corrected chi connectivity index (χ1v) is 8.22. The number of likely N-dealkylation sites (tertiary alicyclic amines) is 1. The van der Waals surface area contributed by atoms with Gasteiger partial charge < -0.3 is 10.2 Å². The summed E-state index contributed by atoms with van der Waals surface area (Å²) in [6, 6.07) is 14.8. The average molecular weight is 323 g/mol.